The van der Waals surface area contributed by atoms with Crippen molar-refractivity contribution in [2.75, 3.05) is 24.2 Å². The lowest BCUT2D eigenvalue weighted by Crippen LogP contribution is -2.11. The van der Waals surface area contributed by atoms with E-state index in [4.69, 9.17) is 10.5 Å². The van der Waals surface area contributed by atoms with Crippen molar-refractivity contribution in [2.45, 2.75) is 13.3 Å². The van der Waals surface area contributed by atoms with E-state index in [-0.39, 0.29) is 5.97 Å². The molecule has 1 aromatic heterocycles. The van der Waals surface area contributed by atoms with Gasteiger partial charge in [-0.05, 0) is 19.1 Å². The molecule has 0 aliphatic rings. The number of pyridine rings is 1. The van der Waals surface area contributed by atoms with E-state index in [1.54, 1.807) is 25.3 Å². The first-order valence-electron chi connectivity index (χ1n) is 4.83. The van der Waals surface area contributed by atoms with E-state index in [1.165, 1.54) is 0 Å². The maximum atomic E-state index is 11.0. The lowest BCUT2D eigenvalue weighted by atomic mass is 10.4. The molecule has 1 heterocycles. The number of hydrogen-bond acceptors (Lipinski definition) is 5. The quantitative estimate of drug-likeness (QED) is 0.708. The van der Waals surface area contributed by atoms with E-state index in [1.807, 2.05) is 0 Å². The van der Waals surface area contributed by atoms with Crippen LogP contribution in [0.2, 0.25) is 0 Å². The highest BCUT2D eigenvalue weighted by atomic mass is 16.5. The van der Waals surface area contributed by atoms with Crippen molar-refractivity contribution in [3.8, 4) is 0 Å². The number of nitrogen functional groups attached to an aromatic ring is 1. The molecule has 0 atom stereocenters. The fourth-order valence-electron chi connectivity index (χ4n) is 1.04. The number of nitrogens with two attached hydrogens (primary N) is 1. The van der Waals surface area contributed by atoms with Crippen molar-refractivity contribution >= 4 is 17.5 Å². The highest BCUT2D eigenvalue weighted by molar-refractivity contribution is 5.69. The van der Waals surface area contributed by atoms with Gasteiger partial charge in [0.1, 0.15) is 5.82 Å². The minimum absolute atomic E-state index is 0.208. The van der Waals surface area contributed by atoms with Crippen molar-refractivity contribution in [3.05, 3.63) is 18.3 Å². The number of hydrogen-bond donors (Lipinski definition) is 2. The summed E-state index contributed by atoms with van der Waals surface area (Å²) in [5.74, 6) is 0.494. The van der Waals surface area contributed by atoms with Crippen molar-refractivity contribution in [1.82, 2.24) is 4.98 Å². The summed E-state index contributed by atoms with van der Waals surface area (Å²) < 4.78 is 4.78. The number of nitrogens with zero attached hydrogens (tertiary/aromatic N) is 1. The molecule has 0 aromatic carbocycles. The van der Waals surface area contributed by atoms with E-state index >= 15 is 0 Å². The number of anilines is 2. The average Bonchev–Trinajstić information content (AvgIpc) is 2.21. The van der Waals surface area contributed by atoms with Crippen molar-refractivity contribution in [1.29, 1.82) is 0 Å². The largest absolute Gasteiger partial charge is 0.466 e. The summed E-state index contributed by atoms with van der Waals surface area (Å²) in [6, 6.07) is 3.51. The first-order chi connectivity index (χ1) is 7.22. The van der Waals surface area contributed by atoms with Gasteiger partial charge in [0, 0.05) is 6.54 Å². The first kappa shape index (κ1) is 11.3. The molecule has 0 unspecified atom stereocenters. The average molecular weight is 209 g/mol. The van der Waals surface area contributed by atoms with Gasteiger partial charge in [-0.25, -0.2) is 4.98 Å². The molecule has 0 saturated carbocycles. The van der Waals surface area contributed by atoms with Crippen LogP contribution in [0.4, 0.5) is 11.5 Å². The Morgan fingerprint density at radius 3 is 3.00 bits per heavy atom. The molecular weight excluding hydrogens is 194 g/mol. The second-order valence-electron chi connectivity index (χ2n) is 2.96. The lowest BCUT2D eigenvalue weighted by Gasteiger charge is -2.05. The second kappa shape index (κ2) is 5.85. The zero-order valence-electron chi connectivity index (χ0n) is 8.69. The summed E-state index contributed by atoms with van der Waals surface area (Å²) in [6.45, 7) is 2.71. The second-order valence-corrected chi connectivity index (χ2v) is 2.96. The lowest BCUT2D eigenvalue weighted by molar-refractivity contribution is -0.142. The van der Waals surface area contributed by atoms with Crippen LogP contribution in [0, 0.1) is 0 Å². The molecule has 0 radical (unpaired) electrons. The molecule has 5 nitrogen and oxygen atoms in total. The molecule has 0 fully saturated rings. The Balaban J connectivity index is 2.26. The molecule has 0 bridgehead atoms. The molecule has 0 amide bonds. The SMILES string of the molecule is CCOC(=O)CCNc1ccc(N)cn1. The molecule has 3 N–H and O–H groups in total. The Labute approximate surface area is 88.6 Å². The van der Waals surface area contributed by atoms with Gasteiger partial charge in [-0.3, -0.25) is 4.79 Å². The summed E-state index contributed by atoms with van der Waals surface area (Å²) >= 11 is 0. The van der Waals surface area contributed by atoms with Crippen LogP contribution < -0.4 is 11.1 Å². The highest BCUT2D eigenvalue weighted by Gasteiger charge is 2.00. The van der Waals surface area contributed by atoms with Crippen LogP contribution >= 0.6 is 0 Å². The highest BCUT2D eigenvalue weighted by Crippen LogP contribution is 2.05. The molecule has 1 aromatic rings. The standard InChI is InChI=1S/C10H15N3O2/c1-2-15-10(14)5-6-12-9-4-3-8(11)7-13-9/h3-4,7H,2,5-6,11H2,1H3,(H,12,13). The predicted molar refractivity (Wildman–Crippen MR) is 58.4 cm³/mol. The third-order valence-corrected chi connectivity index (χ3v) is 1.73. The van der Waals surface area contributed by atoms with Gasteiger partial charge in [0.05, 0.1) is 24.9 Å². The van der Waals surface area contributed by atoms with Crippen molar-refractivity contribution in [3.63, 3.8) is 0 Å². The Kier molecular flexibility index (Phi) is 4.40. The van der Waals surface area contributed by atoms with Crippen molar-refractivity contribution < 1.29 is 9.53 Å². The fraction of sp³-hybridized carbons (Fsp3) is 0.400. The Morgan fingerprint density at radius 2 is 2.40 bits per heavy atom. The van der Waals surface area contributed by atoms with Crippen LogP contribution in [-0.4, -0.2) is 24.1 Å². The van der Waals surface area contributed by atoms with Gasteiger partial charge >= 0.3 is 5.97 Å². The summed E-state index contributed by atoms with van der Waals surface area (Å²) in [5, 5.41) is 2.99. The van der Waals surface area contributed by atoms with E-state index < -0.39 is 0 Å². The maximum Gasteiger partial charge on any atom is 0.307 e. The molecule has 15 heavy (non-hydrogen) atoms. The van der Waals surface area contributed by atoms with Gasteiger partial charge in [-0.15, -0.1) is 0 Å². The van der Waals surface area contributed by atoms with E-state index in [0.29, 0.717) is 31.1 Å². The Bertz CT molecular complexity index is 311. The van der Waals surface area contributed by atoms with Gasteiger partial charge in [-0.1, -0.05) is 0 Å². The molecule has 1 rings (SSSR count). The van der Waals surface area contributed by atoms with Crippen LogP contribution in [0.3, 0.4) is 0 Å². The number of carbonyl (C=O) groups is 1. The van der Waals surface area contributed by atoms with Gasteiger partial charge in [0.15, 0.2) is 0 Å². The molecule has 0 spiro atoms. The summed E-state index contributed by atoms with van der Waals surface area (Å²) in [7, 11) is 0. The smallest absolute Gasteiger partial charge is 0.307 e. The van der Waals surface area contributed by atoms with Gasteiger partial charge in [-0.2, -0.15) is 0 Å². The summed E-state index contributed by atoms with van der Waals surface area (Å²) in [6.07, 6.45) is 1.90. The molecular formula is C10H15N3O2. The maximum absolute atomic E-state index is 11.0. The number of nitrogens with one attached hydrogen (secondary N) is 1. The topological polar surface area (TPSA) is 77.2 Å². The minimum atomic E-state index is -0.208. The fourth-order valence-corrected chi connectivity index (χ4v) is 1.04. The Morgan fingerprint density at radius 1 is 1.60 bits per heavy atom. The minimum Gasteiger partial charge on any atom is -0.466 e. The molecule has 0 aliphatic heterocycles. The van der Waals surface area contributed by atoms with E-state index in [0.717, 1.165) is 0 Å². The first-order valence-corrected chi connectivity index (χ1v) is 4.83. The van der Waals surface area contributed by atoms with Crippen LogP contribution in [-0.2, 0) is 9.53 Å². The summed E-state index contributed by atoms with van der Waals surface area (Å²) in [4.78, 5) is 15.0. The molecule has 82 valence electrons. The summed E-state index contributed by atoms with van der Waals surface area (Å²) in [5.41, 5.74) is 6.10. The van der Waals surface area contributed by atoms with Crippen molar-refractivity contribution in [2.24, 2.45) is 0 Å². The predicted octanol–water partition coefficient (Wildman–Crippen LogP) is 1.03. The van der Waals surface area contributed by atoms with Crippen LogP contribution in [0.5, 0.6) is 0 Å². The molecule has 0 aliphatic carbocycles. The third-order valence-electron chi connectivity index (χ3n) is 1.73. The molecule has 5 heteroatoms. The zero-order chi connectivity index (χ0) is 11.1. The zero-order valence-corrected chi connectivity index (χ0v) is 8.69. The number of carbonyl (C=O) groups excluding carboxylic acids is 1. The van der Waals surface area contributed by atoms with Crippen LogP contribution in [0.25, 0.3) is 0 Å². The van der Waals surface area contributed by atoms with Crippen LogP contribution in [0.1, 0.15) is 13.3 Å². The number of rotatable bonds is 5. The van der Waals surface area contributed by atoms with Gasteiger partial charge in [0.25, 0.3) is 0 Å². The van der Waals surface area contributed by atoms with Gasteiger partial charge < -0.3 is 15.8 Å². The van der Waals surface area contributed by atoms with Crippen LogP contribution in [0.15, 0.2) is 18.3 Å². The van der Waals surface area contributed by atoms with Gasteiger partial charge in [0.2, 0.25) is 0 Å². The molecule has 0 saturated heterocycles. The number of ether oxygens (including phenoxy) is 1. The van der Waals surface area contributed by atoms with E-state index in [2.05, 4.69) is 10.3 Å². The number of esters is 1. The Hall–Kier alpha value is -1.78. The normalized spacial score (nSPS) is 9.67. The number of aromatic nitrogens is 1. The third kappa shape index (κ3) is 4.30. The van der Waals surface area contributed by atoms with E-state index in [9.17, 15) is 4.79 Å². The monoisotopic (exact) mass is 209 g/mol.